The maximum absolute atomic E-state index is 3.67. The highest BCUT2D eigenvalue weighted by atomic mass is 15.0. The molecule has 0 amide bonds. The molecular weight excluding hydrogens is 426 g/mol. The Bertz CT molecular complexity index is 1870. The van der Waals surface area contributed by atoms with Crippen LogP contribution in [0.15, 0.2) is 97.2 Å². The number of benzene rings is 4. The van der Waals surface area contributed by atoms with E-state index in [-0.39, 0.29) is 5.41 Å². The van der Waals surface area contributed by atoms with E-state index in [1.807, 2.05) is 6.20 Å². The molecule has 0 radical (unpaired) electrons. The molecule has 0 aliphatic carbocycles. The fourth-order valence-corrected chi connectivity index (χ4v) is 5.41. The smallest absolute Gasteiger partial charge is 0.0704 e. The lowest BCUT2D eigenvalue weighted by atomic mass is 9.87. The Morgan fingerprint density at radius 2 is 1.43 bits per heavy atom. The molecule has 7 aromatic rings. The molecule has 4 aromatic carbocycles. The second-order valence-corrected chi connectivity index (χ2v) is 10.5. The lowest BCUT2D eigenvalue weighted by Gasteiger charge is -2.19. The number of hydrogen-bond acceptors (Lipinski definition) is 0. The van der Waals surface area contributed by atoms with Crippen molar-refractivity contribution in [1.82, 2.24) is 14.5 Å². The van der Waals surface area contributed by atoms with Gasteiger partial charge in [-0.3, -0.25) is 0 Å². The second-order valence-electron chi connectivity index (χ2n) is 10.5. The van der Waals surface area contributed by atoms with Gasteiger partial charge in [0.1, 0.15) is 0 Å². The highest BCUT2D eigenvalue weighted by Crippen LogP contribution is 2.36. The number of nitrogens with zero attached hydrogens (tertiary/aromatic N) is 1. The first-order chi connectivity index (χ1) is 17.0. The van der Waals surface area contributed by atoms with Gasteiger partial charge in [0, 0.05) is 39.1 Å². The molecule has 0 saturated carbocycles. The first kappa shape index (κ1) is 20.2. The molecule has 3 heteroatoms. The fraction of sp³-hybridized carbons (Fsp3) is 0.125. The van der Waals surface area contributed by atoms with E-state index in [1.54, 1.807) is 0 Å². The molecule has 7 rings (SSSR count). The minimum atomic E-state index is 0.138. The van der Waals surface area contributed by atoms with Crippen molar-refractivity contribution in [1.29, 1.82) is 0 Å². The van der Waals surface area contributed by atoms with E-state index in [1.165, 1.54) is 49.4 Å². The first-order valence-electron chi connectivity index (χ1n) is 12.2. The number of aromatic amines is 2. The number of aromatic nitrogens is 3. The lowest BCUT2D eigenvalue weighted by Crippen LogP contribution is -2.10. The summed E-state index contributed by atoms with van der Waals surface area (Å²) in [6, 6.07) is 33.3. The summed E-state index contributed by atoms with van der Waals surface area (Å²) in [6.07, 6.45) is 2.00. The predicted molar refractivity (Wildman–Crippen MR) is 149 cm³/mol. The second kappa shape index (κ2) is 7.13. The number of hydrogen-bond donors (Lipinski definition) is 2. The van der Waals surface area contributed by atoms with Crippen molar-refractivity contribution in [3.05, 3.63) is 103 Å². The van der Waals surface area contributed by atoms with Crippen LogP contribution < -0.4 is 0 Å². The maximum atomic E-state index is 3.67. The van der Waals surface area contributed by atoms with Gasteiger partial charge in [-0.1, -0.05) is 69.3 Å². The highest BCUT2D eigenvalue weighted by Gasteiger charge is 2.16. The number of nitrogens with one attached hydrogen (secondary N) is 2. The summed E-state index contributed by atoms with van der Waals surface area (Å²) in [6.45, 7) is 6.78. The SMILES string of the molecule is CC(C)(C)c1ccc(-n2c3ccccc3c3cc(-c4cc5ccc6cc[nH]c6c5[nH]4)ccc32)cc1. The monoisotopic (exact) mass is 453 g/mol. The highest BCUT2D eigenvalue weighted by molar-refractivity contribution is 6.11. The molecule has 0 aliphatic rings. The van der Waals surface area contributed by atoms with E-state index in [9.17, 15) is 0 Å². The zero-order valence-corrected chi connectivity index (χ0v) is 20.2. The third-order valence-electron chi connectivity index (χ3n) is 7.29. The van der Waals surface area contributed by atoms with E-state index in [0.717, 1.165) is 16.7 Å². The van der Waals surface area contributed by atoms with Gasteiger partial charge < -0.3 is 14.5 Å². The summed E-state index contributed by atoms with van der Waals surface area (Å²) < 4.78 is 2.38. The van der Waals surface area contributed by atoms with Gasteiger partial charge >= 0.3 is 0 Å². The van der Waals surface area contributed by atoms with Crippen LogP contribution in [0.1, 0.15) is 26.3 Å². The average molecular weight is 454 g/mol. The van der Waals surface area contributed by atoms with Crippen LogP contribution in [0, 0.1) is 0 Å². The summed E-state index contributed by atoms with van der Waals surface area (Å²) in [7, 11) is 0. The van der Waals surface area contributed by atoms with Crippen LogP contribution in [0.2, 0.25) is 0 Å². The topological polar surface area (TPSA) is 36.5 Å². The Labute approximate surface area is 204 Å². The Morgan fingerprint density at radius 1 is 0.657 bits per heavy atom. The van der Waals surface area contributed by atoms with Crippen LogP contribution in [0.3, 0.4) is 0 Å². The summed E-state index contributed by atoms with van der Waals surface area (Å²) in [5, 5.41) is 4.98. The molecule has 0 unspecified atom stereocenters. The van der Waals surface area contributed by atoms with Gasteiger partial charge in [0.05, 0.1) is 22.1 Å². The van der Waals surface area contributed by atoms with Crippen molar-refractivity contribution in [2.24, 2.45) is 0 Å². The number of para-hydroxylation sites is 1. The normalized spacial score (nSPS) is 12.4. The third kappa shape index (κ3) is 3.05. The van der Waals surface area contributed by atoms with Crippen molar-refractivity contribution in [3.8, 4) is 16.9 Å². The molecule has 3 nitrogen and oxygen atoms in total. The van der Waals surface area contributed by atoms with Crippen molar-refractivity contribution in [2.45, 2.75) is 26.2 Å². The Morgan fingerprint density at radius 3 is 2.26 bits per heavy atom. The number of rotatable bonds is 2. The molecule has 35 heavy (non-hydrogen) atoms. The molecule has 0 fully saturated rings. The molecule has 0 bridgehead atoms. The summed E-state index contributed by atoms with van der Waals surface area (Å²) in [5.41, 5.74) is 9.77. The summed E-state index contributed by atoms with van der Waals surface area (Å²) in [4.78, 5) is 7.06. The fourth-order valence-electron chi connectivity index (χ4n) is 5.41. The zero-order valence-electron chi connectivity index (χ0n) is 20.2. The number of fused-ring (bicyclic) bond motifs is 6. The van der Waals surface area contributed by atoms with Crippen LogP contribution in [-0.4, -0.2) is 14.5 Å². The number of H-pyrrole nitrogens is 2. The standard InChI is InChI=1S/C32H27N3/c1-32(2,3)23-11-13-24(14-12-23)35-28-7-5-4-6-25(28)26-18-21(10-15-29(26)35)27-19-22-9-8-20-16-17-33-30(20)31(22)34-27/h4-19,33-34H,1-3H3. The van der Waals surface area contributed by atoms with Gasteiger partial charge in [-0.05, 0) is 59.0 Å². The quantitative estimate of drug-likeness (QED) is 0.263. The largest absolute Gasteiger partial charge is 0.359 e. The van der Waals surface area contributed by atoms with Gasteiger partial charge in [0.15, 0.2) is 0 Å². The maximum Gasteiger partial charge on any atom is 0.0704 e. The Balaban J connectivity index is 1.43. The van der Waals surface area contributed by atoms with Crippen LogP contribution >= 0.6 is 0 Å². The summed E-state index contributed by atoms with van der Waals surface area (Å²) in [5.74, 6) is 0. The molecular formula is C32H27N3. The van der Waals surface area contributed by atoms with Crippen molar-refractivity contribution >= 4 is 43.6 Å². The van der Waals surface area contributed by atoms with Crippen LogP contribution in [0.25, 0.3) is 60.6 Å². The molecule has 0 aliphatic heterocycles. The lowest BCUT2D eigenvalue weighted by molar-refractivity contribution is 0.590. The van der Waals surface area contributed by atoms with E-state index < -0.39 is 0 Å². The molecule has 3 aromatic heterocycles. The predicted octanol–water partition coefficient (Wildman–Crippen LogP) is 8.71. The molecule has 2 N–H and O–H groups in total. The van der Waals surface area contributed by atoms with E-state index >= 15 is 0 Å². The Kier molecular flexibility index (Phi) is 4.11. The van der Waals surface area contributed by atoms with E-state index in [2.05, 4.69) is 126 Å². The minimum absolute atomic E-state index is 0.138. The van der Waals surface area contributed by atoms with Crippen LogP contribution in [0.5, 0.6) is 0 Å². The molecule has 0 spiro atoms. The summed E-state index contributed by atoms with van der Waals surface area (Å²) >= 11 is 0. The van der Waals surface area contributed by atoms with Gasteiger partial charge in [-0.15, -0.1) is 0 Å². The van der Waals surface area contributed by atoms with Crippen LogP contribution in [0.4, 0.5) is 0 Å². The molecule has 0 saturated heterocycles. The van der Waals surface area contributed by atoms with E-state index in [0.29, 0.717) is 0 Å². The van der Waals surface area contributed by atoms with Gasteiger partial charge in [-0.2, -0.15) is 0 Å². The minimum Gasteiger partial charge on any atom is -0.359 e. The molecule has 3 heterocycles. The van der Waals surface area contributed by atoms with Gasteiger partial charge in [-0.25, -0.2) is 0 Å². The van der Waals surface area contributed by atoms with Crippen molar-refractivity contribution in [3.63, 3.8) is 0 Å². The van der Waals surface area contributed by atoms with Gasteiger partial charge in [0.25, 0.3) is 0 Å². The van der Waals surface area contributed by atoms with Crippen molar-refractivity contribution in [2.75, 3.05) is 0 Å². The Hall–Kier alpha value is -4.24. The third-order valence-corrected chi connectivity index (χ3v) is 7.29. The van der Waals surface area contributed by atoms with Gasteiger partial charge in [0.2, 0.25) is 0 Å². The van der Waals surface area contributed by atoms with Crippen LogP contribution in [-0.2, 0) is 5.41 Å². The average Bonchev–Trinajstić information content (AvgIpc) is 3.58. The molecule has 170 valence electrons. The zero-order chi connectivity index (χ0) is 23.7. The first-order valence-corrected chi connectivity index (χ1v) is 12.2. The van der Waals surface area contributed by atoms with E-state index in [4.69, 9.17) is 0 Å². The molecule has 0 atom stereocenters. The van der Waals surface area contributed by atoms with Crippen molar-refractivity contribution < 1.29 is 0 Å².